The zero-order chi connectivity index (χ0) is 11.8. The normalized spacial score (nSPS) is 11.8. The minimum Gasteiger partial charge on any atom is -0.496 e. The van der Waals surface area contributed by atoms with Gasteiger partial charge in [-0.25, -0.2) is 0 Å². The van der Waals surface area contributed by atoms with Crippen molar-refractivity contribution in [3.05, 3.63) is 29.8 Å². The first-order valence-electron chi connectivity index (χ1n) is 5.60. The van der Waals surface area contributed by atoms with Crippen molar-refractivity contribution in [3.8, 4) is 18.1 Å². The quantitative estimate of drug-likeness (QED) is 0.738. The summed E-state index contributed by atoms with van der Waals surface area (Å²) in [5.41, 5.74) is 1.20. The summed E-state index contributed by atoms with van der Waals surface area (Å²) in [4.78, 5) is 0. The number of hydrogen-bond donors (Lipinski definition) is 1. The van der Waals surface area contributed by atoms with Crippen molar-refractivity contribution in [3.63, 3.8) is 0 Å². The second-order valence-corrected chi connectivity index (χ2v) is 3.68. The highest BCUT2D eigenvalue weighted by Gasteiger charge is 2.09. The van der Waals surface area contributed by atoms with Crippen LogP contribution in [-0.4, -0.2) is 19.7 Å². The number of hydrogen-bond acceptors (Lipinski definition) is 2. The smallest absolute Gasteiger partial charge is 0.122 e. The highest BCUT2D eigenvalue weighted by atomic mass is 16.5. The van der Waals surface area contributed by atoms with E-state index in [1.54, 1.807) is 7.11 Å². The van der Waals surface area contributed by atoms with Gasteiger partial charge in [0.15, 0.2) is 0 Å². The summed E-state index contributed by atoms with van der Waals surface area (Å²) in [6.45, 7) is 3.02. The van der Waals surface area contributed by atoms with E-state index in [1.165, 1.54) is 5.56 Å². The molecule has 1 aromatic rings. The Morgan fingerprint density at radius 1 is 1.44 bits per heavy atom. The van der Waals surface area contributed by atoms with Crippen molar-refractivity contribution in [2.24, 2.45) is 0 Å². The molecule has 0 saturated heterocycles. The van der Waals surface area contributed by atoms with E-state index >= 15 is 0 Å². The topological polar surface area (TPSA) is 21.3 Å². The van der Waals surface area contributed by atoms with Gasteiger partial charge in [0.1, 0.15) is 5.75 Å². The van der Waals surface area contributed by atoms with Crippen molar-refractivity contribution in [1.82, 2.24) is 5.32 Å². The molecule has 86 valence electrons. The highest BCUT2D eigenvalue weighted by Crippen LogP contribution is 2.19. The van der Waals surface area contributed by atoms with E-state index in [0.717, 1.165) is 25.1 Å². The van der Waals surface area contributed by atoms with Gasteiger partial charge in [0, 0.05) is 12.5 Å². The lowest BCUT2D eigenvalue weighted by molar-refractivity contribution is 0.405. The van der Waals surface area contributed by atoms with E-state index in [2.05, 4.69) is 24.2 Å². The van der Waals surface area contributed by atoms with E-state index in [9.17, 15) is 0 Å². The number of likely N-dealkylation sites (N-methyl/N-ethyl adjacent to an activating group) is 1. The van der Waals surface area contributed by atoms with Crippen molar-refractivity contribution < 1.29 is 4.74 Å². The van der Waals surface area contributed by atoms with Gasteiger partial charge in [-0.2, -0.15) is 0 Å². The molecular weight excluding hydrogens is 198 g/mol. The predicted molar refractivity (Wildman–Crippen MR) is 67.6 cm³/mol. The summed E-state index contributed by atoms with van der Waals surface area (Å²) in [5.74, 6) is 3.64. The number of ether oxygens (including phenoxy) is 1. The van der Waals surface area contributed by atoms with Crippen molar-refractivity contribution >= 4 is 0 Å². The first-order valence-corrected chi connectivity index (χ1v) is 5.60. The lowest BCUT2D eigenvalue weighted by Gasteiger charge is -2.16. The monoisotopic (exact) mass is 217 g/mol. The number of rotatable bonds is 6. The van der Waals surface area contributed by atoms with E-state index in [1.807, 2.05) is 18.2 Å². The van der Waals surface area contributed by atoms with E-state index in [0.29, 0.717) is 6.04 Å². The first-order chi connectivity index (χ1) is 7.81. The van der Waals surface area contributed by atoms with Crippen LogP contribution in [0.3, 0.4) is 0 Å². The number of para-hydroxylation sites is 1. The number of methoxy groups -OCH3 is 1. The molecule has 0 bridgehead atoms. The van der Waals surface area contributed by atoms with Crippen LogP contribution in [0.1, 0.15) is 18.9 Å². The fraction of sp³-hybridized carbons (Fsp3) is 0.429. The summed E-state index contributed by atoms with van der Waals surface area (Å²) in [7, 11) is 1.70. The number of nitrogens with one attached hydrogen (secondary N) is 1. The highest BCUT2D eigenvalue weighted by molar-refractivity contribution is 5.34. The average Bonchev–Trinajstić information content (AvgIpc) is 2.30. The molecule has 0 radical (unpaired) electrons. The maximum Gasteiger partial charge on any atom is 0.122 e. The fourth-order valence-electron chi connectivity index (χ4n) is 1.78. The zero-order valence-corrected chi connectivity index (χ0v) is 9.99. The third kappa shape index (κ3) is 3.60. The molecule has 0 aliphatic heterocycles. The summed E-state index contributed by atoms with van der Waals surface area (Å²) in [5, 5.41) is 3.39. The van der Waals surface area contributed by atoms with Gasteiger partial charge in [0.25, 0.3) is 0 Å². The zero-order valence-electron chi connectivity index (χ0n) is 9.99. The van der Waals surface area contributed by atoms with Gasteiger partial charge < -0.3 is 10.1 Å². The van der Waals surface area contributed by atoms with Crippen LogP contribution in [0, 0.1) is 12.3 Å². The molecule has 0 fully saturated rings. The molecule has 1 unspecified atom stereocenters. The lowest BCUT2D eigenvalue weighted by atomic mass is 10.0. The largest absolute Gasteiger partial charge is 0.496 e. The Balaban J connectivity index is 2.72. The standard InChI is InChI=1S/C14H19NO/c1-4-8-13(15-5-2)11-12-9-6-7-10-14(12)16-3/h1,6-7,9-10,13,15H,5,8,11H2,2-3H3. The maximum absolute atomic E-state index is 5.36. The first kappa shape index (κ1) is 12.6. The molecule has 0 spiro atoms. The number of terminal acetylenes is 1. The van der Waals surface area contributed by atoms with Crippen molar-refractivity contribution in [1.29, 1.82) is 0 Å². The molecule has 2 nitrogen and oxygen atoms in total. The third-order valence-corrected chi connectivity index (χ3v) is 2.52. The van der Waals surface area contributed by atoms with Gasteiger partial charge in [-0.15, -0.1) is 12.3 Å². The van der Waals surface area contributed by atoms with Gasteiger partial charge in [-0.1, -0.05) is 25.1 Å². The molecule has 0 heterocycles. The van der Waals surface area contributed by atoms with Crippen molar-refractivity contribution in [2.75, 3.05) is 13.7 Å². The van der Waals surface area contributed by atoms with Gasteiger partial charge in [0.2, 0.25) is 0 Å². The Bertz CT molecular complexity index is 354. The Morgan fingerprint density at radius 3 is 2.81 bits per heavy atom. The van der Waals surface area contributed by atoms with E-state index in [4.69, 9.17) is 11.2 Å². The molecule has 1 N–H and O–H groups in total. The van der Waals surface area contributed by atoms with Crippen LogP contribution < -0.4 is 10.1 Å². The SMILES string of the molecule is C#CCC(Cc1ccccc1OC)NCC. The fourth-order valence-corrected chi connectivity index (χ4v) is 1.78. The van der Waals surface area contributed by atoms with Crippen LogP contribution in [-0.2, 0) is 6.42 Å². The van der Waals surface area contributed by atoms with Gasteiger partial charge in [0.05, 0.1) is 7.11 Å². The Kier molecular flexibility index (Phi) is 5.45. The molecule has 1 aromatic carbocycles. The third-order valence-electron chi connectivity index (χ3n) is 2.52. The van der Waals surface area contributed by atoms with Crippen LogP contribution in [0.4, 0.5) is 0 Å². The minimum atomic E-state index is 0.325. The van der Waals surface area contributed by atoms with Gasteiger partial charge >= 0.3 is 0 Å². The number of benzene rings is 1. The van der Waals surface area contributed by atoms with Gasteiger partial charge in [-0.3, -0.25) is 0 Å². The molecule has 0 amide bonds. The molecular formula is C14H19NO. The summed E-state index contributed by atoms with van der Waals surface area (Å²) in [6.07, 6.45) is 7.01. The van der Waals surface area contributed by atoms with Crippen LogP contribution in [0.25, 0.3) is 0 Å². The Labute approximate surface area is 98.0 Å². The molecule has 0 aliphatic rings. The summed E-state index contributed by atoms with van der Waals surface area (Å²) >= 11 is 0. The molecule has 16 heavy (non-hydrogen) atoms. The van der Waals surface area contributed by atoms with Gasteiger partial charge in [-0.05, 0) is 24.6 Å². The second kappa shape index (κ2) is 6.92. The Morgan fingerprint density at radius 2 is 2.19 bits per heavy atom. The molecule has 1 rings (SSSR count). The predicted octanol–water partition coefficient (Wildman–Crippen LogP) is 2.24. The van der Waals surface area contributed by atoms with E-state index < -0.39 is 0 Å². The van der Waals surface area contributed by atoms with Crippen molar-refractivity contribution in [2.45, 2.75) is 25.8 Å². The summed E-state index contributed by atoms with van der Waals surface area (Å²) in [6, 6.07) is 8.39. The molecule has 0 aromatic heterocycles. The molecule has 0 aliphatic carbocycles. The lowest BCUT2D eigenvalue weighted by Crippen LogP contribution is -2.30. The molecule has 0 saturated carbocycles. The second-order valence-electron chi connectivity index (χ2n) is 3.68. The van der Waals surface area contributed by atoms with E-state index in [-0.39, 0.29) is 0 Å². The molecule has 1 atom stereocenters. The van der Waals surface area contributed by atoms with Crippen LogP contribution >= 0.6 is 0 Å². The average molecular weight is 217 g/mol. The maximum atomic E-state index is 5.36. The summed E-state index contributed by atoms with van der Waals surface area (Å²) < 4.78 is 5.32. The Hall–Kier alpha value is -1.46. The molecule has 2 heteroatoms. The van der Waals surface area contributed by atoms with Crippen LogP contribution in [0.5, 0.6) is 5.75 Å². The minimum absolute atomic E-state index is 0.325. The van der Waals surface area contributed by atoms with Crippen LogP contribution in [0.15, 0.2) is 24.3 Å². The van der Waals surface area contributed by atoms with Crippen LogP contribution in [0.2, 0.25) is 0 Å².